The largest absolute Gasteiger partial charge is 0.492 e. The SMILES string of the molecule is CCCN(CCO)CCOc1ccc(N)cc1. The first-order chi connectivity index (χ1) is 8.26. The lowest BCUT2D eigenvalue weighted by Gasteiger charge is -2.20. The summed E-state index contributed by atoms with van der Waals surface area (Å²) in [6.45, 7) is 5.49. The number of nitrogens with zero attached hydrogens (tertiary/aromatic N) is 1. The molecule has 0 saturated heterocycles. The average Bonchev–Trinajstić information content (AvgIpc) is 2.32. The maximum Gasteiger partial charge on any atom is 0.119 e. The summed E-state index contributed by atoms with van der Waals surface area (Å²) < 4.78 is 5.61. The maximum atomic E-state index is 8.91. The quantitative estimate of drug-likeness (QED) is 0.671. The molecule has 3 N–H and O–H groups in total. The van der Waals surface area contributed by atoms with Gasteiger partial charge < -0.3 is 15.6 Å². The third kappa shape index (κ3) is 5.56. The first-order valence-corrected chi connectivity index (χ1v) is 6.07. The van der Waals surface area contributed by atoms with Gasteiger partial charge in [-0.3, -0.25) is 4.90 Å². The van der Waals surface area contributed by atoms with Crippen molar-refractivity contribution in [2.24, 2.45) is 0 Å². The molecular formula is C13H22N2O2. The molecule has 0 aromatic heterocycles. The van der Waals surface area contributed by atoms with E-state index in [1.807, 2.05) is 24.3 Å². The number of hydrogen-bond acceptors (Lipinski definition) is 4. The van der Waals surface area contributed by atoms with Crippen LogP contribution in [-0.4, -0.2) is 42.9 Å². The van der Waals surface area contributed by atoms with Crippen molar-refractivity contribution < 1.29 is 9.84 Å². The van der Waals surface area contributed by atoms with Crippen molar-refractivity contribution in [2.45, 2.75) is 13.3 Å². The fourth-order valence-corrected chi connectivity index (χ4v) is 1.65. The molecule has 0 saturated carbocycles. The molecule has 0 aliphatic heterocycles. The predicted octanol–water partition coefficient (Wildman–Crippen LogP) is 1.35. The molecule has 17 heavy (non-hydrogen) atoms. The molecule has 1 aromatic rings. The molecule has 0 bridgehead atoms. The fraction of sp³-hybridized carbons (Fsp3) is 0.538. The summed E-state index contributed by atoms with van der Waals surface area (Å²) in [5, 5.41) is 8.91. The second kappa shape index (κ2) is 7.92. The summed E-state index contributed by atoms with van der Waals surface area (Å²) in [5.74, 6) is 0.833. The molecule has 0 aliphatic carbocycles. The Morgan fingerprint density at radius 2 is 1.88 bits per heavy atom. The molecule has 0 amide bonds. The molecule has 0 heterocycles. The summed E-state index contributed by atoms with van der Waals surface area (Å²) in [5.41, 5.74) is 6.33. The first kappa shape index (κ1) is 13.8. The number of aliphatic hydroxyl groups is 1. The van der Waals surface area contributed by atoms with Gasteiger partial charge in [0.2, 0.25) is 0 Å². The Morgan fingerprint density at radius 3 is 2.47 bits per heavy atom. The Labute approximate surface area is 103 Å². The summed E-state index contributed by atoms with van der Waals surface area (Å²) in [4.78, 5) is 2.19. The van der Waals surface area contributed by atoms with Gasteiger partial charge >= 0.3 is 0 Å². The minimum Gasteiger partial charge on any atom is -0.492 e. The summed E-state index contributed by atoms with van der Waals surface area (Å²) >= 11 is 0. The molecule has 0 radical (unpaired) electrons. The molecule has 96 valence electrons. The van der Waals surface area contributed by atoms with Gasteiger partial charge in [-0.05, 0) is 37.2 Å². The van der Waals surface area contributed by atoms with Crippen LogP contribution in [0.4, 0.5) is 5.69 Å². The molecule has 1 rings (SSSR count). The zero-order valence-electron chi connectivity index (χ0n) is 10.4. The number of hydrogen-bond donors (Lipinski definition) is 2. The Balaban J connectivity index is 2.27. The van der Waals surface area contributed by atoms with Crippen molar-refractivity contribution in [3.8, 4) is 5.75 Å². The van der Waals surface area contributed by atoms with Crippen LogP contribution in [0.25, 0.3) is 0 Å². The normalized spacial score (nSPS) is 10.8. The number of nitrogens with two attached hydrogens (primary N) is 1. The van der Waals surface area contributed by atoms with Gasteiger partial charge in [-0.25, -0.2) is 0 Å². The van der Waals surface area contributed by atoms with Crippen LogP contribution in [-0.2, 0) is 0 Å². The van der Waals surface area contributed by atoms with Crippen LogP contribution in [0.5, 0.6) is 5.75 Å². The van der Waals surface area contributed by atoms with Gasteiger partial charge in [-0.2, -0.15) is 0 Å². The molecule has 0 atom stereocenters. The van der Waals surface area contributed by atoms with Gasteiger partial charge in [0.25, 0.3) is 0 Å². The molecule has 1 aromatic carbocycles. The van der Waals surface area contributed by atoms with E-state index >= 15 is 0 Å². The summed E-state index contributed by atoms with van der Waals surface area (Å²) in [6, 6.07) is 7.39. The Bertz CT molecular complexity index is 295. The summed E-state index contributed by atoms with van der Waals surface area (Å²) in [6.07, 6.45) is 1.09. The number of rotatable bonds is 8. The highest BCUT2D eigenvalue weighted by molar-refractivity contribution is 5.41. The second-order valence-corrected chi connectivity index (χ2v) is 3.98. The zero-order chi connectivity index (χ0) is 12.5. The van der Waals surface area contributed by atoms with Crippen molar-refractivity contribution in [3.63, 3.8) is 0 Å². The van der Waals surface area contributed by atoms with E-state index in [2.05, 4.69) is 11.8 Å². The van der Waals surface area contributed by atoms with Crippen LogP contribution < -0.4 is 10.5 Å². The predicted molar refractivity (Wildman–Crippen MR) is 70.2 cm³/mol. The van der Waals surface area contributed by atoms with Crippen molar-refractivity contribution >= 4 is 5.69 Å². The summed E-state index contributed by atoms with van der Waals surface area (Å²) in [7, 11) is 0. The third-order valence-corrected chi connectivity index (χ3v) is 2.51. The maximum absolute atomic E-state index is 8.91. The Hall–Kier alpha value is -1.26. The van der Waals surface area contributed by atoms with E-state index in [1.54, 1.807) is 0 Å². The van der Waals surface area contributed by atoms with Crippen molar-refractivity contribution in [2.75, 3.05) is 38.6 Å². The van der Waals surface area contributed by atoms with E-state index in [4.69, 9.17) is 15.6 Å². The highest BCUT2D eigenvalue weighted by Gasteiger charge is 2.02. The molecule has 4 nitrogen and oxygen atoms in total. The Morgan fingerprint density at radius 1 is 1.18 bits per heavy atom. The number of aliphatic hydroxyl groups excluding tert-OH is 1. The number of ether oxygens (including phenoxy) is 1. The molecule has 0 spiro atoms. The molecule has 0 fully saturated rings. The van der Waals surface area contributed by atoms with Crippen molar-refractivity contribution in [1.82, 2.24) is 4.90 Å². The van der Waals surface area contributed by atoms with Gasteiger partial charge in [-0.1, -0.05) is 6.92 Å². The van der Waals surface area contributed by atoms with E-state index in [0.717, 1.165) is 30.9 Å². The van der Waals surface area contributed by atoms with Crippen LogP contribution in [0.2, 0.25) is 0 Å². The average molecular weight is 238 g/mol. The smallest absolute Gasteiger partial charge is 0.119 e. The van der Waals surface area contributed by atoms with Gasteiger partial charge in [-0.15, -0.1) is 0 Å². The monoisotopic (exact) mass is 238 g/mol. The topological polar surface area (TPSA) is 58.7 Å². The van der Waals surface area contributed by atoms with E-state index in [-0.39, 0.29) is 6.61 Å². The van der Waals surface area contributed by atoms with Gasteiger partial charge in [0.05, 0.1) is 6.61 Å². The van der Waals surface area contributed by atoms with E-state index in [1.165, 1.54) is 0 Å². The van der Waals surface area contributed by atoms with Gasteiger partial charge in [0.15, 0.2) is 0 Å². The highest BCUT2D eigenvalue weighted by Crippen LogP contribution is 2.12. The number of benzene rings is 1. The van der Waals surface area contributed by atoms with Gasteiger partial charge in [0, 0.05) is 18.8 Å². The zero-order valence-corrected chi connectivity index (χ0v) is 10.4. The standard InChI is InChI=1S/C13H22N2O2/c1-2-7-15(8-10-16)9-11-17-13-5-3-12(14)4-6-13/h3-6,16H,2,7-11,14H2,1H3. The van der Waals surface area contributed by atoms with Crippen LogP contribution in [0, 0.1) is 0 Å². The fourth-order valence-electron chi connectivity index (χ4n) is 1.65. The minimum atomic E-state index is 0.196. The lowest BCUT2D eigenvalue weighted by atomic mass is 10.3. The van der Waals surface area contributed by atoms with E-state index in [0.29, 0.717) is 13.2 Å². The first-order valence-electron chi connectivity index (χ1n) is 6.07. The number of nitrogen functional groups attached to an aromatic ring is 1. The third-order valence-electron chi connectivity index (χ3n) is 2.51. The molecular weight excluding hydrogens is 216 g/mol. The molecule has 0 unspecified atom stereocenters. The van der Waals surface area contributed by atoms with Crippen LogP contribution >= 0.6 is 0 Å². The van der Waals surface area contributed by atoms with Crippen LogP contribution in [0.15, 0.2) is 24.3 Å². The van der Waals surface area contributed by atoms with Gasteiger partial charge in [0.1, 0.15) is 12.4 Å². The van der Waals surface area contributed by atoms with E-state index < -0.39 is 0 Å². The molecule has 4 heteroatoms. The lowest BCUT2D eigenvalue weighted by molar-refractivity contribution is 0.168. The van der Waals surface area contributed by atoms with Crippen molar-refractivity contribution in [3.05, 3.63) is 24.3 Å². The van der Waals surface area contributed by atoms with E-state index in [9.17, 15) is 0 Å². The molecule has 0 aliphatic rings. The lowest BCUT2D eigenvalue weighted by Crippen LogP contribution is -2.31. The van der Waals surface area contributed by atoms with Crippen molar-refractivity contribution in [1.29, 1.82) is 0 Å². The minimum absolute atomic E-state index is 0.196. The second-order valence-electron chi connectivity index (χ2n) is 3.98. The Kier molecular flexibility index (Phi) is 6.43. The van der Waals surface area contributed by atoms with Crippen LogP contribution in [0.3, 0.4) is 0 Å². The van der Waals surface area contributed by atoms with Crippen LogP contribution in [0.1, 0.15) is 13.3 Å². The number of anilines is 1. The highest BCUT2D eigenvalue weighted by atomic mass is 16.5.